The lowest BCUT2D eigenvalue weighted by atomic mass is 9.94. The van der Waals surface area contributed by atoms with Gasteiger partial charge in [-0.1, -0.05) is 59.1 Å². The number of aromatic nitrogens is 1. The van der Waals surface area contributed by atoms with E-state index < -0.39 is 23.5 Å². The summed E-state index contributed by atoms with van der Waals surface area (Å²) in [5.41, 5.74) is 2.77. The van der Waals surface area contributed by atoms with Gasteiger partial charge in [0.15, 0.2) is 5.75 Å². The lowest BCUT2D eigenvalue weighted by Gasteiger charge is -2.25. The van der Waals surface area contributed by atoms with Crippen LogP contribution in [-0.4, -0.2) is 28.9 Å². The molecule has 0 radical (unpaired) electrons. The van der Waals surface area contributed by atoms with Gasteiger partial charge in [0, 0.05) is 38.9 Å². The van der Waals surface area contributed by atoms with Crippen LogP contribution < -0.4 is 9.64 Å². The Morgan fingerprint density at radius 2 is 1.69 bits per heavy atom. The number of carbonyl (C=O) groups excluding carboxylic acids is 2. The van der Waals surface area contributed by atoms with Crippen LogP contribution in [0.4, 0.5) is 5.69 Å². The summed E-state index contributed by atoms with van der Waals surface area (Å²) in [5.74, 6) is -1.81. The smallest absolute Gasteiger partial charge is 0.300 e. The molecule has 0 aliphatic carbocycles. The zero-order valence-electron chi connectivity index (χ0n) is 19.1. The highest BCUT2D eigenvalue weighted by molar-refractivity contribution is 6.52. The highest BCUT2D eigenvalue weighted by Crippen LogP contribution is 2.46. The molecule has 1 fully saturated rings. The van der Waals surface area contributed by atoms with Crippen LogP contribution in [0.5, 0.6) is 5.75 Å². The molecule has 1 aliphatic heterocycles. The number of nitrogens with one attached hydrogen (secondary N) is 1. The molecule has 4 aromatic rings. The molecule has 36 heavy (non-hydrogen) atoms. The number of aliphatic hydroxyl groups excluding tert-OH is 1. The zero-order chi connectivity index (χ0) is 25.7. The summed E-state index contributed by atoms with van der Waals surface area (Å²) in [5, 5.41) is 12.9. The molecule has 1 atom stereocenters. The topological polar surface area (TPSA) is 82.6 Å². The Balaban J connectivity index is 1.79. The van der Waals surface area contributed by atoms with E-state index in [1.165, 1.54) is 24.1 Å². The number of ether oxygens (including phenoxy) is 1. The van der Waals surface area contributed by atoms with Gasteiger partial charge in [0.05, 0.1) is 28.8 Å². The normalized spacial score (nSPS) is 17.2. The molecule has 1 aliphatic rings. The quantitative estimate of drug-likeness (QED) is 0.164. The number of aliphatic hydroxyl groups is 1. The number of para-hydroxylation sites is 1. The van der Waals surface area contributed by atoms with Crippen LogP contribution >= 0.6 is 34.8 Å². The summed E-state index contributed by atoms with van der Waals surface area (Å²) in [7, 11) is 1.42. The SMILES string of the molecule is COc1c(Cl)cc(/C(O)=C2\C(=O)C(=O)N(c3ccc(C)c(Cl)c3)C2c2c[nH]c3ccccc23)cc1Cl. The Labute approximate surface area is 221 Å². The molecule has 1 aromatic heterocycles. The average Bonchev–Trinajstić information content (AvgIpc) is 3.39. The van der Waals surface area contributed by atoms with Crippen molar-refractivity contribution < 1.29 is 19.4 Å². The van der Waals surface area contributed by atoms with Gasteiger partial charge in [0.2, 0.25) is 0 Å². The molecule has 1 saturated heterocycles. The first kappa shape index (κ1) is 24.3. The number of fused-ring (bicyclic) bond motifs is 1. The van der Waals surface area contributed by atoms with Crippen molar-refractivity contribution in [1.29, 1.82) is 0 Å². The van der Waals surface area contributed by atoms with E-state index in [1.54, 1.807) is 24.4 Å². The molecule has 1 unspecified atom stereocenters. The van der Waals surface area contributed by atoms with Crippen molar-refractivity contribution in [3.05, 3.63) is 98.1 Å². The number of amides is 1. The fraction of sp³-hybridized carbons (Fsp3) is 0.111. The number of nitrogens with zero attached hydrogens (tertiary/aromatic N) is 1. The third-order valence-corrected chi connectivity index (χ3v) is 7.24. The monoisotopic (exact) mass is 540 g/mol. The van der Waals surface area contributed by atoms with E-state index in [-0.39, 0.29) is 26.9 Å². The van der Waals surface area contributed by atoms with Crippen LogP contribution in [0.3, 0.4) is 0 Å². The van der Waals surface area contributed by atoms with Gasteiger partial charge in [-0.15, -0.1) is 0 Å². The predicted octanol–water partition coefficient (Wildman–Crippen LogP) is 7.07. The van der Waals surface area contributed by atoms with Gasteiger partial charge in [-0.05, 0) is 42.8 Å². The Kier molecular flexibility index (Phi) is 6.20. The number of methoxy groups -OCH3 is 1. The third kappa shape index (κ3) is 3.82. The van der Waals surface area contributed by atoms with Crippen molar-refractivity contribution >= 4 is 68.8 Å². The average molecular weight is 542 g/mol. The molecule has 2 N–H and O–H groups in total. The molecule has 5 rings (SSSR count). The largest absolute Gasteiger partial charge is 0.507 e. The zero-order valence-corrected chi connectivity index (χ0v) is 21.4. The molecule has 9 heteroatoms. The summed E-state index contributed by atoms with van der Waals surface area (Å²) in [6, 6.07) is 14.5. The van der Waals surface area contributed by atoms with Crippen LogP contribution in [0.15, 0.2) is 66.4 Å². The highest BCUT2D eigenvalue weighted by Gasteiger charge is 2.48. The minimum atomic E-state index is -0.945. The Morgan fingerprint density at radius 1 is 1.00 bits per heavy atom. The maximum Gasteiger partial charge on any atom is 0.300 e. The standard InChI is InChI=1S/C27H19Cl3N2O4/c1-13-7-8-15(11-18(13)28)32-23(17-12-31-21-6-4-3-5-16(17)21)22(25(34)27(32)35)24(33)14-9-19(29)26(36-2)20(30)10-14/h3-12,23,31,33H,1-2H3/b24-22+. The van der Waals surface area contributed by atoms with Crippen molar-refractivity contribution in [3.8, 4) is 5.75 Å². The number of anilines is 1. The minimum absolute atomic E-state index is 0.0984. The Morgan fingerprint density at radius 3 is 2.36 bits per heavy atom. The van der Waals surface area contributed by atoms with Gasteiger partial charge in [0.25, 0.3) is 11.7 Å². The highest BCUT2D eigenvalue weighted by atomic mass is 35.5. The predicted molar refractivity (Wildman–Crippen MR) is 142 cm³/mol. The Bertz CT molecular complexity index is 1570. The summed E-state index contributed by atoms with van der Waals surface area (Å²) < 4.78 is 5.19. The van der Waals surface area contributed by atoms with Gasteiger partial charge < -0.3 is 14.8 Å². The summed E-state index contributed by atoms with van der Waals surface area (Å²) in [6.45, 7) is 1.84. The number of ketones is 1. The number of aryl methyl sites for hydroxylation is 1. The number of hydrogen-bond donors (Lipinski definition) is 2. The number of Topliss-reactive ketones (excluding diaryl/α,β-unsaturated/α-hetero) is 1. The van der Waals surface area contributed by atoms with Crippen molar-refractivity contribution in [2.24, 2.45) is 0 Å². The summed E-state index contributed by atoms with van der Waals surface area (Å²) in [4.78, 5) is 31.4. The molecule has 0 spiro atoms. The first-order valence-electron chi connectivity index (χ1n) is 10.9. The van der Waals surface area contributed by atoms with Gasteiger partial charge in [-0.25, -0.2) is 0 Å². The van der Waals surface area contributed by atoms with Gasteiger partial charge in [0.1, 0.15) is 5.76 Å². The minimum Gasteiger partial charge on any atom is -0.507 e. The van der Waals surface area contributed by atoms with Crippen LogP contribution in [0.1, 0.15) is 22.7 Å². The van der Waals surface area contributed by atoms with Crippen molar-refractivity contribution in [3.63, 3.8) is 0 Å². The van der Waals surface area contributed by atoms with E-state index in [1.807, 2.05) is 31.2 Å². The number of benzene rings is 3. The van der Waals surface area contributed by atoms with Crippen molar-refractivity contribution in [1.82, 2.24) is 4.98 Å². The van der Waals surface area contributed by atoms with E-state index in [0.29, 0.717) is 16.3 Å². The molecule has 182 valence electrons. The fourth-order valence-corrected chi connectivity index (χ4v) is 5.31. The fourth-order valence-electron chi connectivity index (χ4n) is 4.49. The van der Waals surface area contributed by atoms with Crippen LogP contribution in [0.2, 0.25) is 15.1 Å². The number of rotatable bonds is 4. The van der Waals surface area contributed by atoms with Crippen molar-refractivity contribution in [2.75, 3.05) is 12.0 Å². The second-order valence-corrected chi connectivity index (χ2v) is 9.59. The number of H-pyrrole nitrogens is 1. The van der Waals surface area contributed by atoms with Gasteiger partial charge >= 0.3 is 0 Å². The molecule has 0 saturated carbocycles. The van der Waals surface area contributed by atoms with E-state index in [2.05, 4.69) is 4.98 Å². The summed E-state index contributed by atoms with van der Waals surface area (Å²) in [6.07, 6.45) is 1.73. The molecule has 6 nitrogen and oxygen atoms in total. The van der Waals surface area contributed by atoms with Crippen molar-refractivity contribution in [2.45, 2.75) is 13.0 Å². The number of hydrogen-bond acceptors (Lipinski definition) is 4. The number of aromatic amines is 1. The van der Waals surface area contributed by atoms with E-state index in [0.717, 1.165) is 16.5 Å². The first-order chi connectivity index (χ1) is 17.2. The van der Waals surface area contributed by atoms with E-state index >= 15 is 0 Å². The molecule has 3 aromatic carbocycles. The van der Waals surface area contributed by atoms with Gasteiger partial charge in [-0.3, -0.25) is 14.5 Å². The van der Waals surface area contributed by atoms with Gasteiger partial charge in [-0.2, -0.15) is 0 Å². The number of halogens is 3. The van der Waals surface area contributed by atoms with E-state index in [9.17, 15) is 14.7 Å². The molecule has 2 heterocycles. The van der Waals surface area contributed by atoms with Crippen LogP contribution in [-0.2, 0) is 9.59 Å². The number of carbonyl (C=O) groups is 2. The molecule has 0 bridgehead atoms. The molecular formula is C27H19Cl3N2O4. The third-order valence-electron chi connectivity index (χ3n) is 6.27. The maximum absolute atomic E-state index is 13.4. The molecule has 1 amide bonds. The van der Waals surface area contributed by atoms with Crippen LogP contribution in [0, 0.1) is 6.92 Å². The lowest BCUT2D eigenvalue weighted by Crippen LogP contribution is -2.29. The Hall–Kier alpha value is -3.45. The van der Waals surface area contributed by atoms with E-state index in [4.69, 9.17) is 39.5 Å². The maximum atomic E-state index is 13.4. The molecular weight excluding hydrogens is 523 g/mol. The lowest BCUT2D eigenvalue weighted by molar-refractivity contribution is -0.132. The van der Waals surface area contributed by atoms with Crippen LogP contribution in [0.25, 0.3) is 16.7 Å². The first-order valence-corrected chi connectivity index (χ1v) is 12.0. The summed E-state index contributed by atoms with van der Waals surface area (Å²) >= 11 is 19.0. The second kappa shape index (κ2) is 9.21. The second-order valence-electron chi connectivity index (χ2n) is 8.37.